The Morgan fingerprint density at radius 1 is 1.62 bits per heavy atom. The molecule has 0 bridgehead atoms. The van der Waals surface area contributed by atoms with Gasteiger partial charge in [0, 0.05) is 4.88 Å². The summed E-state index contributed by atoms with van der Waals surface area (Å²) in [6, 6.07) is 3.72. The van der Waals surface area contributed by atoms with Gasteiger partial charge in [0.15, 0.2) is 0 Å². The molecule has 1 unspecified atom stereocenters. The molecule has 0 fully saturated rings. The molecule has 1 atom stereocenters. The Morgan fingerprint density at radius 3 is 2.88 bits per heavy atom. The SMILES string of the molecule is C=CCOC(=O)CC(C(C)=O)c1cccs1. The smallest absolute Gasteiger partial charge is 0.307 e. The molecular weight excluding hydrogens is 224 g/mol. The summed E-state index contributed by atoms with van der Waals surface area (Å²) in [5, 5.41) is 1.89. The predicted octanol–water partition coefficient (Wildman–Crippen LogP) is 2.54. The zero-order valence-electron chi connectivity index (χ0n) is 9.14. The van der Waals surface area contributed by atoms with E-state index in [1.165, 1.54) is 24.3 Å². The van der Waals surface area contributed by atoms with Gasteiger partial charge in [-0.3, -0.25) is 9.59 Å². The summed E-state index contributed by atoms with van der Waals surface area (Å²) in [5.41, 5.74) is 0. The van der Waals surface area contributed by atoms with E-state index in [2.05, 4.69) is 6.58 Å². The van der Waals surface area contributed by atoms with Crippen LogP contribution in [0.25, 0.3) is 0 Å². The van der Waals surface area contributed by atoms with Gasteiger partial charge in [-0.05, 0) is 18.4 Å². The van der Waals surface area contributed by atoms with E-state index in [9.17, 15) is 9.59 Å². The van der Waals surface area contributed by atoms with Crippen LogP contribution in [-0.4, -0.2) is 18.4 Å². The third-order valence-corrected chi connectivity index (χ3v) is 3.10. The molecule has 1 heterocycles. The highest BCUT2D eigenvalue weighted by Gasteiger charge is 2.21. The molecule has 0 aliphatic carbocycles. The zero-order chi connectivity index (χ0) is 12.0. The predicted molar refractivity (Wildman–Crippen MR) is 63.5 cm³/mol. The summed E-state index contributed by atoms with van der Waals surface area (Å²) < 4.78 is 4.87. The molecule has 0 amide bonds. The summed E-state index contributed by atoms with van der Waals surface area (Å²) in [4.78, 5) is 23.7. The van der Waals surface area contributed by atoms with Gasteiger partial charge < -0.3 is 4.74 Å². The van der Waals surface area contributed by atoms with E-state index in [0.29, 0.717) is 0 Å². The topological polar surface area (TPSA) is 43.4 Å². The number of esters is 1. The monoisotopic (exact) mass is 238 g/mol. The molecule has 0 radical (unpaired) electrons. The molecule has 0 aliphatic rings. The lowest BCUT2D eigenvalue weighted by atomic mass is 9.99. The zero-order valence-corrected chi connectivity index (χ0v) is 9.96. The van der Waals surface area contributed by atoms with Gasteiger partial charge in [0.1, 0.15) is 12.4 Å². The van der Waals surface area contributed by atoms with Gasteiger partial charge in [0.2, 0.25) is 0 Å². The van der Waals surface area contributed by atoms with Crippen molar-refractivity contribution in [1.82, 2.24) is 0 Å². The molecule has 0 aliphatic heterocycles. The van der Waals surface area contributed by atoms with Crippen LogP contribution in [0.15, 0.2) is 30.2 Å². The van der Waals surface area contributed by atoms with E-state index in [1.807, 2.05) is 17.5 Å². The normalized spacial score (nSPS) is 11.8. The first kappa shape index (κ1) is 12.6. The number of Topliss-reactive ketones (excluding diaryl/α,β-unsaturated/α-hetero) is 1. The Kier molecular flexibility index (Phi) is 4.92. The standard InChI is InChI=1S/C12H14O3S/c1-3-6-15-12(14)8-10(9(2)13)11-5-4-7-16-11/h3-5,7,10H,1,6,8H2,2H3. The van der Waals surface area contributed by atoms with Gasteiger partial charge in [-0.15, -0.1) is 11.3 Å². The van der Waals surface area contributed by atoms with Crippen molar-refractivity contribution in [3.63, 3.8) is 0 Å². The van der Waals surface area contributed by atoms with Crippen molar-refractivity contribution in [3.8, 4) is 0 Å². The number of ketones is 1. The van der Waals surface area contributed by atoms with Crippen molar-refractivity contribution < 1.29 is 14.3 Å². The fourth-order valence-corrected chi connectivity index (χ4v) is 2.20. The molecule has 3 nitrogen and oxygen atoms in total. The summed E-state index contributed by atoms with van der Waals surface area (Å²) in [5.74, 6) is -0.760. The van der Waals surface area contributed by atoms with Gasteiger partial charge in [0.05, 0.1) is 12.3 Å². The van der Waals surface area contributed by atoms with Crippen molar-refractivity contribution in [1.29, 1.82) is 0 Å². The quantitative estimate of drug-likeness (QED) is 0.565. The molecule has 16 heavy (non-hydrogen) atoms. The van der Waals surface area contributed by atoms with E-state index in [0.717, 1.165) is 4.88 Å². The Balaban J connectivity index is 2.63. The number of ether oxygens (including phenoxy) is 1. The molecule has 1 aromatic heterocycles. The van der Waals surface area contributed by atoms with Gasteiger partial charge in [0.25, 0.3) is 0 Å². The Labute approximate surface area is 98.7 Å². The van der Waals surface area contributed by atoms with Crippen molar-refractivity contribution in [3.05, 3.63) is 35.0 Å². The van der Waals surface area contributed by atoms with Crippen LogP contribution in [0.2, 0.25) is 0 Å². The van der Waals surface area contributed by atoms with Crippen molar-refractivity contribution in [2.75, 3.05) is 6.61 Å². The largest absolute Gasteiger partial charge is 0.461 e. The number of carbonyl (C=O) groups is 2. The first-order valence-corrected chi connectivity index (χ1v) is 5.83. The Bertz CT molecular complexity index is 368. The minimum absolute atomic E-state index is 0.0157. The molecule has 4 heteroatoms. The van der Waals surface area contributed by atoms with Crippen molar-refractivity contribution in [2.45, 2.75) is 19.3 Å². The van der Waals surface area contributed by atoms with Crippen LogP contribution >= 0.6 is 11.3 Å². The highest BCUT2D eigenvalue weighted by atomic mass is 32.1. The average molecular weight is 238 g/mol. The maximum atomic E-state index is 11.4. The highest BCUT2D eigenvalue weighted by molar-refractivity contribution is 7.10. The molecule has 0 spiro atoms. The molecule has 86 valence electrons. The minimum atomic E-state index is -0.377. The highest BCUT2D eigenvalue weighted by Crippen LogP contribution is 2.25. The molecular formula is C12H14O3S. The van der Waals surface area contributed by atoms with Gasteiger partial charge in [-0.2, -0.15) is 0 Å². The Morgan fingerprint density at radius 2 is 2.38 bits per heavy atom. The van der Waals surface area contributed by atoms with Crippen molar-refractivity contribution in [2.24, 2.45) is 0 Å². The first-order chi connectivity index (χ1) is 7.65. The molecule has 1 rings (SSSR count). The third kappa shape index (κ3) is 3.62. The summed E-state index contributed by atoms with van der Waals surface area (Å²) in [6.07, 6.45) is 1.61. The fraction of sp³-hybridized carbons (Fsp3) is 0.333. The van der Waals surface area contributed by atoms with E-state index >= 15 is 0 Å². The van der Waals surface area contributed by atoms with Crippen LogP contribution in [0, 0.1) is 0 Å². The van der Waals surface area contributed by atoms with Crippen LogP contribution in [-0.2, 0) is 14.3 Å². The lowest BCUT2D eigenvalue weighted by Crippen LogP contribution is -2.15. The number of hydrogen-bond acceptors (Lipinski definition) is 4. The Hall–Kier alpha value is -1.42. The molecule has 0 aromatic carbocycles. The summed E-state index contributed by atoms with van der Waals surface area (Å²) in [6.45, 7) is 5.13. The van der Waals surface area contributed by atoms with Gasteiger partial charge >= 0.3 is 5.97 Å². The number of carbonyl (C=O) groups excluding carboxylic acids is 2. The number of hydrogen-bond donors (Lipinski definition) is 0. The summed E-state index contributed by atoms with van der Waals surface area (Å²) >= 11 is 1.48. The van der Waals surface area contributed by atoms with E-state index in [4.69, 9.17) is 4.74 Å². The van der Waals surface area contributed by atoms with Crippen molar-refractivity contribution >= 4 is 23.1 Å². The third-order valence-electron chi connectivity index (χ3n) is 2.11. The lowest BCUT2D eigenvalue weighted by Gasteiger charge is -2.10. The van der Waals surface area contributed by atoms with Crippen LogP contribution < -0.4 is 0 Å². The van der Waals surface area contributed by atoms with Crippen LogP contribution in [0.5, 0.6) is 0 Å². The second kappa shape index (κ2) is 6.23. The first-order valence-electron chi connectivity index (χ1n) is 4.95. The number of rotatable bonds is 6. The van der Waals surface area contributed by atoms with Gasteiger partial charge in [-0.1, -0.05) is 18.7 Å². The van der Waals surface area contributed by atoms with Crippen LogP contribution in [0.3, 0.4) is 0 Å². The maximum absolute atomic E-state index is 11.4. The van der Waals surface area contributed by atoms with E-state index < -0.39 is 0 Å². The van der Waals surface area contributed by atoms with Gasteiger partial charge in [-0.25, -0.2) is 0 Å². The van der Waals surface area contributed by atoms with Crippen LogP contribution in [0.4, 0.5) is 0 Å². The molecule has 0 saturated heterocycles. The van der Waals surface area contributed by atoms with Crippen LogP contribution in [0.1, 0.15) is 24.1 Å². The lowest BCUT2D eigenvalue weighted by molar-refractivity contribution is -0.144. The fourth-order valence-electron chi connectivity index (χ4n) is 1.31. The molecule has 1 aromatic rings. The average Bonchev–Trinajstić information content (AvgIpc) is 2.75. The molecule has 0 saturated carbocycles. The number of thiophene rings is 1. The second-order valence-corrected chi connectivity index (χ2v) is 4.33. The summed E-state index contributed by atoms with van der Waals surface area (Å²) in [7, 11) is 0. The molecule has 0 N–H and O–H groups in total. The van der Waals surface area contributed by atoms with E-state index in [-0.39, 0.29) is 30.7 Å². The minimum Gasteiger partial charge on any atom is -0.461 e. The van der Waals surface area contributed by atoms with E-state index in [1.54, 1.807) is 0 Å². The maximum Gasteiger partial charge on any atom is 0.307 e. The second-order valence-electron chi connectivity index (χ2n) is 3.35.